The summed E-state index contributed by atoms with van der Waals surface area (Å²) in [5.41, 5.74) is 6.37. The van der Waals surface area contributed by atoms with Gasteiger partial charge >= 0.3 is 0 Å². The lowest BCUT2D eigenvalue weighted by molar-refractivity contribution is 0.204. The van der Waals surface area contributed by atoms with E-state index in [1.54, 1.807) is 6.07 Å². The summed E-state index contributed by atoms with van der Waals surface area (Å²) in [5, 5.41) is 11.0. The first-order valence-corrected chi connectivity index (χ1v) is 6.67. The van der Waals surface area contributed by atoms with Crippen molar-refractivity contribution < 1.29 is 5.11 Å². The summed E-state index contributed by atoms with van der Waals surface area (Å²) in [6, 6.07) is 11.1. The van der Waals surface area contributed by atoms with Gasteiger partial charge in [-0.1, -0.05) is 41.9 Å². The second-order valence-corrected chi connectivity index (χ2v) is 5.05. The van der Waals surface area contributed by atoms with E-state index in [9.17, 15) is 5.11 Å². The van der Waals surface area contributed by atoms with Crippen LogP contribution in [-0.4, -0.2) is 20.8 Å². The topological polar surface area (TPSA) is 72.0 Å². The van der Waals surface area contributed by atoms with Crippen LogP contribution >= 0.6 is 23.4 Å². The predicted octanol–water partition coefficient (Wildman–Crippen LogP) is 2.54. The second-order valence-electron chi connectivity index (χ2n) is 3.62. The number of anilines is 1. The van der Waals surface area contributed by atoms with Gasteiger partial charge in [-0.3, -0.25) is 0 Å². The maximum absolute atomic E-state index is 9.99. The van der Waals surface area contributed by atoms with E-state index in [1.165, 1.54) is 11.8 Å². The van der Waals surface area contributed by atoms with Gasteiger partial charge in [0.1, 0.15) is 10.2 Å². The zero-order chi connectivity index (χ0) is 13.0. The molecule has 0 fully saturated rings. The number of benzene rings is 1. The monoisotopic (exact) mass is 281 g/mol. The van der Waals surface area contributed by atoms with Gasteiger partial charge in [-0.05, 0) is 5.56 Å². The van der Waals surface area contributed by atoms with Crippen molar-refractivity contribution in [2.45, 2.75) is 11.1 Å². The van der Waals surface area contributed by atoms with E-state index in [1.807, 2.05) is 30.3 Å². The SMILES string of the molecule is Nc1nc(Cl)cc(SC[C@H](O)c2ccccc2)n1. The molecule has 0 amide bonds. The summed E-state index contributed by atoms with van der Waals surface area (Å²) in [6.45, 7) is 0. The molecule has 0 aliphatic heterocycles. The van der Waals surface area contributed by atoms with Gasteiger partial charge in [-0.15, -0.1) is 11.8 Å². The number of nitrogen functional groups attached to an aromatic ring is 1. The Balaban J connectivity index is 1.99. The highest BCUT2D eigenvalue weighted by atomic mass is 35.5. The van der Waals surface area contributed by atoms with Gasteiger partial charge in [0.15, 0.2) is 0 Å². The lowest BCUT2D eigenvalue weighted by Gasteiger charge is -2.10. The largest absolute Gasteiger partial charge is 0.388 e. The number of aromatic nitrogens is 2. The highest BCUT2D eigenvalue weighted by Crippen LogP contribution is 2.25. The molecule has 1 atom stereocenters. The van der Waals surface area contributed by atoms with Gasteiger partial charge in [0, 0.05) is 11.8 Å². The smallest absolute Gasteiger partial charge is 0.222 e. The lowest BCUT2D eigenvalue weighted by atomic mass is 10.1. The molecule has 0 unspecified atom stereocenters. The van der Waals surface area contributed by atoms with Crippen molar-refractivity contribution in [2.75, 3.05) is 11.5 Å². The molecule has 2 rings (SSSR count). The van der Waals surface area contributed by atoms with Crippen molar-refractivity contribution in [3.8, 4) is 0 Å². The zero-order valence-electron chi connectivity index (χ0n) is 9.45. The van der Waals surface area contributed by atoms with Crippen molar-refractivity contribution >= 4 is 29.3 Å². The molecule has 1 aromatic heterocycles. The molecule has 0 aliphatic rings. The molecule has 0 aliphatic carbocycles. The highest BCUT2D eigenvalue weighted by molar-refractivity contribution is 7.99. The third kappa shape index (κ3) is 3.60. The maximum Gasteiger partial charge on any atom is 0.222 e. The molecule has 0 bridgehead atoms. The van der Waals surface area contributed by atoms with Gasteiger partial charge in [0.25, 0.3) is 0 Å². The number of nitrogens with zero attached hydrogens (tertiary/aromatic N) is 2. The van der Waals surface area contributed by atoms with E-state index in [0.717, 1.165) is 5.56 Å². The maximum atomic E-state index is 9.99. The molecule has 0 radical (unpaired) electrons. The summed E-state index contributed by atoms with van der Waals surface area (Å²) in [4.78, 5) is 7.81. The number of nitrogens with two attached hydrogens (primary N) is 1. The summed E-state index contributed by atoms with van der Waals surface area (Å²) in [6.07, 6.45) is -0.550. The molecule has 4 nitrogen and oxygen atoms in total. The minimum Gasteiger partial charge on any atom is -0.388 e. The normalized spacial score (nSPS) is 12.3. The average Bonchev–Trinajstić information content (AvgIpc) is 2.36. The summed E-state index contributed by atoms with van der Waals surface area (Å²) < 4.78 is 0. The second kappa shape index (κ2) is 6.04. The first-order valence-electron chi connectivity index (χ1n) is 5.31. The van der Waals surface area contributed by atoms with Crippen LogP contribution in [0.4, 0.5) is 5.95 Å². The third-order valence-corrected chi connectivity index (χ3v) is 3.44. The molecule has 6 heteroatoms. The molecule has 1 aromatic carbocycles. The van der Waals surface area contributed by atoms with E-state index in [2.05, 4.69) is 9.97 Å². The van der Waals surface area contributed by atoms with Crippen molar-refractivity contribution in [2.24, 2.45) is 0 Å². The standard InChI is InChI=1S/C12H12ClN3OS/c13-10-6-11(16-12(14)15-10)18-7-9(17)8-4-2-1-3-5-8/h1-6,9,17H,7H2,(H2,14,15,16)/t9-/m0/s1. The quantitative estimate of drug-likeness (QED) is 0.666. The lowest BCUT2D eigenvalue weighted by Crippen LogP contribution is -2.01. The Hall–Kier alpha value is -1.30. The molecule has 2 aromatic rings. The van der Waals surface area contributed by atoms with Gasteiger partial charge in [-0.25, -0.2) is 9.97 Å². The van der Waals surface area contributed by atoms with E-state index in [4.69, 9.17) is 17.3 Å². The van der Waals surface area contributed by atoms with Gasteiger partial charge in [0.2, 0.25) is 5.95 Å². The zero-order valence-corrected chi connectivity index (χ0v) is 11.0. The van der Waals surface area contributed by atoms with Gasteiger partial charge in [-0.2, -0.15) is 0 Å². The fourth-order valence-corrected chi connectivity index (χ4v) is 2.55. The van der Waals surface area contributed by atoms with E-state index < -0.39 is 6.10 Å². The molecular weight excluding hydrogens is 270 g/mol. The van der Waals surface area contributed by atoms with Crippen LogP contribution in [-0.2, 0) is 0 Å². The summed E-state index contributed by atoms with van der Waals surface area (Å²) in [5.74, 6) is 0.621. The summed E-state index contributed by atoms with van der Waals surface area (Å²) >= 11 is 7.16. The number of thioether (sulfide) groups is 1. The number of aliphatic hydroxyl groups excluding tert-OH is 1. The molecule has 0 spiro atoms. The first-order chi connectivity index (χ1) is 8.65. The molecule has 1 heterocycles. The molecule has 18 heavy (non-hydrogen) atoms. The van der Waals surface area contributed by atoms with Crippen LogP contribution in [0.1, 0.15) is 11.7 Å². The molecule has 3 N–H and O–H groups in total. The van der Waals surface area contributed by atoms with Crippen LogP contribution in [0.15, 0.2) is 41.4 Å². The Morgan fingerprint density at radius 2 is 2.00 bits per heavy atom. The number of aliphatic hydroxyl groups is 1. The molecular formula is C12H12ClN3OS. The molecule has 94 valence electrons. The van der Waals surface area contributed by atoms with Crippen LogP contribution < -0.4 is 5.73 Å². The van der Waals surface area contributed by atoms with Gasteiger partial charge < -0.3 is 10.8 Å². The van der Waals surface area contributed by atoms with Crippen molar-refractivity contribution in [1.82, 2.24) is 9.97 Å². The van der Waals surface area contributed by atoms with Gasteiger partial charge in [0.05, 0.1) is 6.10 Å². The Labute approximate surface area is 114 Å². The molecule has 0 saturated heterocycles. The van der Waals surface area contributed by atoms with E-state index in [-0.39, 0.29) is 5.95 Å². The average molecular weight is 282 g/mol. The third-order valence-electron chi connectivity index (χ3n) is 2.26. The first kappa shape index (κ1) is 13.1. The van der Waals surface area contributed by atoms with Crippen LogP contribution in [0.2, 0.25) is 5.15 Å². The van der Waals surface area contributed by atoms with Crippen molar-refractivity contribution in [3.63, 3.8) is 0 Å². The van der Waals surface area contributed by atoms with Crippen LogP contribution in [0.25, 0.3) is 0 Å². The Bertz CT molecular complexity index is 504. The van der Waals surface area contributed by atoms with Crippen LogP contribution in [0, 0.1) is 0 Å². The van der Waals surface area contributed by atoms with E-state index in [0.29, 0.717) is 15.9 Å². The Morgan fingerprint density at radius 1 is 1.28 bits per heavy atom. The van der Waals surface area contributed by atoms with E-state index >= 15 is 0 Å². The van der Waals surface area contributed by atoms with Crippen molar-refractivity contribution in [3.05, 3.63) is 47.1 Å². The number of hydrogen-bond donors (Lipinski definition) is 2. The number of halogens is 1. The Kier molecular flexibility index (Phi) is 4.41. The highest BCUT2D eigenvalue weighted by Gasteiger charge is 2.09. The minimum atomic E-state index is -0.550. The number of rotatable bonds is 4. The van der Waals surface area contributed by atoms with Crippen LogP contribution in [0.5, 0.6) is 0 Å². The van der Waals surface area contributed by atoms with Crippen molar-refractivity contribution in [1.29, 1.82) is 0 Å². The Morgan fingerprint density at radius 3 is 2.67 bits per heavy atom. The minimum absolute atomic E-state index is 0.138. The predicted molar refractivity (Wildman–Crippen MR) is 73.6 cm³/mol. The van der Waals surface area contributed by atoms with Crippen LogP contribution in [0.3, 0.4) is 0 Å². The number of hydrogen-bond acceptors (Lipinski definition) is 5. The fraction of sp³-hybridized carbons (Fsp3) is 0.167. The summed E-state index contributed by atoms with van der Waals surface area (Å²) in [7, 11) is 0. The molecule has 0 saturated carbocycles. The fourth-order valence-electron chi connectivity index (χ4n) is 1.42.